The molecule has 1 N–H and O–H groups in total. The first-order valence-corrected chi connectivity index (χ1v) is 8.13. The molecule has 22 heavy (non-hydrogen) atoms. The number of rotatable bonds is 5. The number of aromatic nitrogens is 1. The van der Waals surface area contributed by atoms with Crippen molar-refractivity contribution < 1.29 is 9.53 Å². The number of carbonyl (C=O) groups is 1. The highest BCUT2D eigenvalue weighted by molar-refractivity contribution is 9.10. The number of benzene rings is 1. The minimum absolute atomic E-state index is 0.119. The zero-order valence-corrected chi connectivity index (χ0v) is 14.9. The van der Waals surface area contributed by atoms with Crippen molar-refractivity contribution in [1.82, 2.24) is 4.57 Å². The summed E-state index contributed by atoms with van der Waals surface area (Å²) in [6.45, 7) is 8.62. The Bertz CT molecular complexity index is 677. The highest BCUT2D eigenvalue weighted by Gasteiger charge is 2.16. The van der Waals surface area contributed by atoms with E-state index in [9.17, 15) is 4.79 Å². The van der Waals surface area contributed by atoms with Gasteiger partial charge < -0.3 is 14.6 Å². The number of nitrogens with zero attached hydrogens (tertiary/aromatic N) is 1. The van der Waals surface area contributed by atoms with Gasteiger partial charge in [0.1, 0.15) is 11.4 Å². The first-order valence-electron chi connectivity index (χ1n) is 7.34. The van der Waals surface area contributed by atoms with Crippen LogP contribution >= 0.6 is 15.9 Å². The maximum absolute atomic E-state index is 12.5. The third-order valence-electron chi connectivity index (χ3n) is 3.36. The number of carbonyl (C=O) groups excluding carboxylic acids is 1. The van der Waals surface area contributed by atoms with E-state index in [2.05, 4.69) is 21.2 Å². The van der Waals surface area contributed by atoms with Crippen molar-refractivity contribution >= 4 is 27.5 Å². The summed E-state index contributed by atoms with van der Waals surface area (Å²) in [6.07, 6.45) is 1.92. The molecule has 0 fully saturated rings. The molecule has 2 rings (SSSR count). The zero-order chi connectivity index (χ0) is 16.3. The normalized spacial score (nSPS) is 10.8. The zero-order valence-electron chi connectivity index (χ0n) is 13.3. The molecule has 0 saturated carbocycles. The van der Waals surface area contributed by atoms with Crippen LogP contribution in [0.25, 0.3) is 0 Å². The summed E-state index contributed by atoms with van der Waals surface area (Å²) >= 11 is 3.43. The van der Waals surface area contributed by atoms with Gasteiger partial charge in [0, 0.05) is 22.4 Å². The van der Waals surface area contributed by atoms with E-state index in [0.29, 0.717) is 12.3 Å². The first-order chi connectivity index (χ1) is 10.4. The molecule has 2 aromatic rings. The molecule has 5 heteroatoms. The lowest BCUT2D eigenvalue weighted by Crippen LogP contribution is -2.18. The molecule has 0 radical (unpaired) electrons. The molecule has 4 nitrogen and oxygen atoms in total. The molecule has 0 spiro atoms. The smallest absolute Gasteiger partial charge is 0.272 e. The second-order valence-corrected chi connectivity index (χ2v) is 6.32. The van der Waals surface area contributed by atoms with Crippen LogP contribution in [0.2, 0.25) is 0 Å². The van der Waals surface area contributed by atoms with Crippen LogP contribution in [-0.4, -0.2) is 17.1 Å². The van der Waals surface area contributed by atoms with Crippen LogP contribution in [0.15, 0.2) is 34.9 Å². The predicted molar refractivity (Wildman–Crippen MR) is 92.8 cm³/mol. The average Bonchev–Trinajstić information content (AvgIpc) is 2.84. The summed E-state index contributed by atoms with van der Waals surface area (Å²) in [5.41, 5.74) is 2.40. The van der Waals surface area contributed by atoms with Crippen molar-refractivity contribution in [2.24, 2.45) is 0 Å². The third-order valence-corrected chi connectivity index (χ3v) is 3.79. The lowest BCUT2D eigenvalue weighted by molar-refractivity contribution is 0.101. The summed E-state index contributed by atoms with van der Waals surface area (Å²) in [6, 6.07) is 7.71. The van der Waals surface area contributed by atoms with E-state index in [1.165, 1.54) is 0 Å². The summed E-state index contributed by atoms with van der Waals surface area (Å²) in [5.74, 6) is 0.693. The van der Waals surface area contributed by atoms with Crippen molar-refractivity contribution in [2.75, 3.05) is 11.9 Å². The minimum atomic E-state index is -0.119. The Balaban J connectivity index is 2.22. The molecule has 1 heterocycles. The molecule has 0 aliphatic heterocycles. The van der Waals surface area contributed by atoms with Gasteiger partial charge in [0.15, 0.2) is 0 Å². The predicted octanol–water partition coefficient (Wildman–Crippen LogP) is 4.79. The van der Waals surface area contributed by atoms with Crippen LogP contribution in [0, 0.1) is 6.92 Å². The molecule has 1 amide bonds. The van der Waals surface area contributed by atoms with E-state index in [1.807, 2.05) is 62.7 Å². The standard InChI is InChI=1S/C17H21BrN2O2/c1-5-22-14-6-7-15(12(4)8-14)19-17(21)16-9-13(18)10-20(16)11(2)3/h6-11H,5H2,1-4H3,(H,19,21). The molecule has 0 bridgehead atoms. The average molecular weight is 365 g/mol. The molecule has 1 aromatic carbocycles. The fraction of sp³-hybridized carbons (Fsp3) is 0.353. The summed E-state index contributed by atoms with van der Waals surface area (Å²) in [7, 11) is 0. The number of nitrogens with one attached hydrogen (secondary N) is 1. The van der Waals surface area contributed by atoms with Gasteiger partial charge in [0.2, 0.25) is 0 Å². The number of hydrogen-bond acceptors (Lipinski definition) is 2. The SMILES string of the molecule is CCOc1ccc(NC(=O)c2cc(Br)cn2C(C)C)c(C)c1. The Hall–Kier alpha value is -1.75. The van der Waals surface area contributed by atoms with Gasteiger partial charge in [0.25, 0.3) is 5.91 Å². The Morgan fingerprint density at radius 1 is 1.36 bits per heavy atom. The second kappa shape index (κ2) is 7.01. The van der Waals surface area contributed by atoms with Crippen molar-refractivity contribution in [1.29, 1.82) is 0 Å². The monoisotopic (exact) mass is 364 g/mol. The van der Waals surface area contributed by atoms with Crippen LogP contribution < -0.4 is 10.1 Å². The molecular formula is C17H21BrN2O2. The molecule has 0 saturated heterocycles. The number of anilines is 1. The van der Waals surface area contributed by atoms with Crippen LogP contribution in [0.1, 0.15) is 42.9 Å². The lowest BCUT2D eigenvalue weighted by atomic mass is 10.2. The first kappa shape index (κ1) is 16.6. The molecule has 0 aliphatic rings. The second-order valence-electron chi connectivity index (χ2n) is 5.41. The van der Waals surface area contributed by atoms with Crippen LogP contribution in [0.3, 0.4) is 0 Å². The van der Waals surface area contributed by atoms with Crippen molar-refractivity contribution in [2.45, 2.75) is 33.7 Å². The highest BCUT2D eigenvalue weighted by atomic mass is 79.9. The van der Waals surface area contributed by atoms with Crippen LogP contribution in [0.5, 0.6) is 5.75 Å². The highest BCUT2D eigenvalue weighted by Crippen LogP contribution is 2.24. The molecule has 118 valence electrons. The molecule has 0 aliphatic carbocycles. The maximum atomic E-state index is 12.5. The molecule has 1 aromatic heterocycles. The van der Waals surface area contributed by atoms with Gasteiger partial charge >= 0.3 is 0 Å². The number of amides is 1. The largest absolute Gasteiger partial charge is 0.494 e. The lowest BCUT2D eigenvalue weighted by Gasteiger charge is -2.14. The van der Waals surface area contributed by atoms with Gasteiger partial charge in [-0.3, -0.25) is 4.79 Å². The van der Waals surface area contributed by atoms with Crippen LogP contribution in [0.4, 0.5) is 5.69 Å². The number of halogens is 1. The van der Waals surface area contributed by atoms with Crippen molar-refractivity contribution in [3.8, 4) is 5.75 Å². The van der Waals surface area contributed by atoms with E-state index in [-0.39, 0.29) is 11.9 Å². The fourth-order valence-corrected chi connectivity index (χ4v) is 2.71. The van der Waals surface area contributed by atoms with E-state index >= 15 is 0 Å². The van der Waals surface area contributed by atoms with E-state index < -0.39 is 0 Å². The summed E-state index contributed by atoms with van der Waals surface area (Å²) < 4.78 is 8.31. The molecular weight excluding hydrogens is 344 g/mol. The van der Waals surface area contributed by atoms with E-state index in [4.69, 9.17) is 4.74 Å². The molecule has 0 atom stereocenters. The Kier molecular flexibility index (Phi) is 5.29. The number of hydrogen-bond donors (Lipinski definition) is 1. The van der Waals surface area contributed by atoms with Gasteiger partial charge in [-0.15, -0.1) is 0 Å². The van der Waals surface area contributed by atoms with Gasteiger partial charge in [-0.2, -0.15) is 0 Å². The van der Waals surface area contributed by atoms with Gasteiger partial charge in [0.05, 0.1) is 6.61 Å². The van der Waals surface area contributed by atoms with Crippen molar-refractivity contribution in [3.63, 3.8) is 0 Å². The van der Waals surface area contributed by atoms with Gasteiger partial charge in [-0.05, 0) is 73.5 Å². The quantitative estimate of drug-likeness (QED) is 0.828. The van der Waals surface area contributed by atoms with E-state index in [0.717, 1.165) is 21.5 Å². The van der Waals surface area contributed by atoms with Crippen LogP contribution in [-0.2, 0) is 0 Å². The topological polar surface area (TPSA) is 43.3 Å². The van der Waals surface area contributed by atoms with Gasteiger partial charge in [-0.1, -0.05) is 0 Å². The summed E-state index contributed by atoms with van der Waals surface area (Å²) in [5, 5.41) is 2.97. The summed E-state index contributed by atoms with van der Waals surface area (Å²) in [4.78, 5) is 12.5. The Morgan fingerprint density at radius 2 is 2.09 bits per heavy atom. The number of aryl methyl sites for hydroxylation is 1. The Labute approximate surface area is 139 Å². The minimum Gasteiger partial charge on any atom is -0.494 e. The Morgan fingerprint density at radius 3 is 2.68 bits per heavy atom. The fourth-order valence-electron chi connectivity index (χ4n) is 2.27. The van der Waals surface area contributed by atoms with E-state index in [1.54, 1.807) is 0 Å². The third kappa shape index (κ3) is 3.71. The molecule has 0 unspecified atom stereocenters. The van der Waals surface area contributed by atoms with Crippen molar-refractivity contribution in [3.05, 3.63) is 46.2 Å². The van der Waals surface area contributed by atoms with Gasteiger partial charge in [-0.25, -0.2) is 0 Å². The maximum Gasteiger partial charge on any atom is 0.272 e. The number of ether oxygens (including phenoxy) is 1.